The van der Waals surface area contributed by atoms with E-state index >= 15 is 0 Å². The molecule has 9 nitrogen and oxygen atoms in total. The molecule has 4 rings (SSSR count). The van der Waals surface area contributed by atoms with Crippen LogP contribution in [0.15, 0.2) is 60.8 Å². The molecule has 0 saturated heterocycles. The Morgan fingerprint density at radius 1 is 1.02 bits per heavy atom. The van der Waals surface area contributed by atoms with Crippen LogP contribution in [0, 0.1) is 6.92 Å². The van der Waals surface area contributed by atoms with Crippen molar-refractivity contribution in [3.8, 4) is 5.75 Å². The van der Waals surface area contributed by atoms with Gasteiger partial charge in [-0.25, -0.2) is 4.98 Å². The number of carbonyl (C=O) groups excluding carboxylic acids is 3. The van der Waals surface area contributed by atoms with E-state index in [1.807, 2.05) is 0 Å². The number of aromatic nitrogens is 2. The van der Waals surface area contributed by atoms with Crippen molar-refractivity contribution in [1.82, 2.24) is 19.6 Å². The van der Waals surface area contributed by atoms with Gasteiger partial charge in [0.25, 0.3) is 5.91 Å². The maximum atomic E-state index is 12.9. The second-order valence-corrected chi connectivity index (χ2v) is 10.7. The quantitative estimate of drug-likeness (QED) is 0.218. The van der Waals surface area contributed by atoms with E-state index in [0.717, 1.165) is 5.56 Å². The number of imidazole rings is 1. The Bertz CT molecular complexity index is 1690. The van der Waals surface area contributed by atoms with Crippen LogP contribution in [0.5, 0.6) is 5.75 Å². The van der Waals surface area contributed by atoms with Gasteiger partial charge < -0.3 is 19.9 Å². The van der Waals surface area contributed by atoms with Crippen molar-refractivity contribution < 1.29 is 19.1 Å². The number of benzene rings is 2. The summed E-state index contributed by atoms with van der Waals surface area (Å²) in [5.74, 6) is -0.473. The topological polar surface area (TPSA) is 96.2 Å². The summed E-state index contributed by atoms with van der Waals surface area (Å²) < 4.78 is 7.72. The van der Waals surface area contributed by atoms with Crippen LogP contribution >= 0.6 is 47.2 Å². The Labute approximate surface area is 270 Å². The molecular formula is C30H29Cl4N5O4. The first-order valence-electron chi connectivity index (χ1n) is 12.7. The van der Waals surface area contributed by atoms with Crippen molar-refractivity contribution in [3.05, 3.63) is 98.4 Å². The van der Waals surface area contributed by atoms with Gasteiger partial charge >= 0.3 is 0 Å². The summed E-state index contributed by atoms with van der Waals surface area (Å²) in [7, 11) is 4.90. The van der Waals surface area contributed by atoms with Gasteiger partial charge in [-0.15, -0.1) is 12.4 Å². The van der Waals surface area contributed by atoms with Crippen LogP contribution in [0.2, 0.25) is 15.2 Å². The lowest BCUT2D eigenvalue weighted by Crippen LogP contribution is -2.37. The van der Waals surface area contributed by atoms with Gasteiger partial charge in [0.15, 0.2) is 11.4 Å². The molecule has 0 radical (unpaired) electrons. The minimum absolute atomic E-state index is 0. The van der Waals surface area contributed by atoms with Crippen molar-refractivity contribution in [2.75, 3.05) is 32.6 Å². The molecule has 2 aromatic heterocycles. The maximum Gasteiger partial charge on any atom is 0.253 e. The monoisotopic (exact) mass is 663 g/mol. The zero-order valence-corrected chi connectivity index (χ0v) is 26.8. The molecule has 0 unspecified atom stereocenters. The number of aryl methyl sites for hydroxylation is 1. The molecule has 0 spiro atoms. The third-order valence-electron chi connectivity index (χ3n) is 6.39. The van der Waals surface area contributed by atoms with Crippen molar-refractivity contribution in [2.45, 2.75) is 13.5 Å². The number of carbonyl (C=O) groups is 3. The fourth-order valence-electron chi connectivity index (χ4n) is 4.01. The summed E-state index contributed by atoms with van der Waals surface area (Å²) in [6.45, 7) is 1.56. The number of hydrogen-bond donors (Lipinski definition) is 1. The van der Waals surface area contributed by atoms with Gasteiger partial charge in [0.05, 0.1) is 22.9 Å². The predicted octanol–water partition coefficient (Wildman–Crippen LogP) is 6.10. The number of ether oxygens (including phenoxy) is 1. The number of amides is 3. The van der Waals surface area contributed by atoms with Gasteiger partial charge in [0, 0.05) is 49.6 Å². The molecule has 2 aromatic carbocycles. The number of nitrogens with zero attached hydrogens (tertiary/aromatic N) is 4. The lowest BCUT2D eigenvalue weighted by atomic mass is 10.1. The summed E-state index contributed by atoms with van der Waals surface area (Å²) in [6.07, 6.45) is 4.69. The number of rotatable bonds is 9. The third-order valence-corrected chi connectivity index (χ3v) is 7.62. The van der Waals surface area contributed by atoms with Crippen molar-refractivity contribution in [3.63, 3.8) is 0 Å². The van der Waals surface area contributed by atoms with Gasteiger partial charge in [-0.3, -0.25) is 18.8 Å². The average molecular weight is 665 g/mol. The van der Waals surface area contributed by atoms with Crippen LogP contribution in [-0.2, 0) is 16.2 Å². The zero-order chi connectivity index (χ0) is 30.6. The molecule has 0 bridgehead atoms. The highest BCUT2D eigenvalue weighted by Gasteiger charge is 2.20. The van der Waals surface area contributed by atoms with Crippen molar-refractivity contribution >= 4 is 82.3 Å². The summed E-state index contributed by atoms with van der Waals surface area (Å²) in [6, 6.07) is 13.6. The molecule has 43 heavy (non-hydrogen) atoms. The fourth-order valence-corrected chi connectivity index (χ4v) is 4.79. The van der Waals surface area contributed by atoms with Crippen LogP contribution in [0.1, 0.15) is 27.2 Å². The predicted molar refractivity (Wildman–Crippen MR) is 173 cm³/mol. The van der Waals surface area contributed by atoms with Crippen LogP contribution in [0.4, 0.5) is 5.69 Å². The van der Waals surface area contributed by atoms with E-state index in [1.54, 1.807) is 93.3 Å². The minimum Gasteiger partial charge on any atom is -0.485 e. The molecule has 13 heteroatoms. The first-order valence-corrected chi connectivity index (χ1v) is 13.9. The van der Waals surface area contributed by atoms with Gasteiger partial charge in [-0.05, 0) is 55.0 Å². The first-order chi connectivity index (χ1) is 20.0. The lowest BCUT2D eigenvalue weighted by molar-refractivity contribution is -0.122. The highest BCUT2D eigenvalue weighted by atomic mass is 35.5. The number of nitrogens with one attached hydrogen (secondary N) is 1. The number of pyridine rings is 1. The molecule has 1 N–H and O–H groups in total. The Hall–Kier alpha value is -3.76. The Morgan fingerprint density at radius 2 is 1.72 bits per heavy atom. The SMILES string of the molecule is Cc1nc2c(OCc3c(Cl)ccc(N(C)C(=O)CNC(=O)C=Cc4ccc(C(=O)N(C)C)cc4)c3Cl)cccn2c1Cl.Cl. The number of hydrogen-bond acceptors (Lipinski definition) is 5. The smallest absolute Gasteiger partial charge is 0.253 e. The largest absolute Gasteiger partial charge is 0.485 e. The summed E-state index contributed by atoms with van der Waals surface area (Å²) >= 11 is 19.4. The number of fused-ring (bicyclic) bond motifs is 1. The highest BCUT2D eigenvalue weighted by molar-refractivity contribution is 6.38. The third kappa shape index (κ3) is 7.80. The molecule has 0 atom stereocenters. The normalized spacial score (nSPS) is 10.9. The molecule has 0 saturated carbocycles. The van der Waals surface area contributed by atoms with E-state index in [4.69, 9.17) is 39.5 Å². The molecule has 226 valence electrons. The van der Waals surface area contributed by atoms with E-state index in [1.165, 1.54) is 15.9 Å². The van der Waals surface area contributed by atoms with Gasteiger partial charge in [-0.2, -0.15) is 0 Å². The van der Waals surface area contributed by atoms with Crippen LogP contribution in [0.3, 0.4) is 0 Å². The van der Waals surface area contributed by atoms with Crippen LogP contribution in [-0.4, -0.2) is 59.7 Å². The van der Waals surface area contributed by atoms with Crippen LogP contribution < -0.4 is 15.0 Å². The highest BCUT2D eigenvalue weighted by Crippen LogP contribution is 2.35. The second-order valence-electron chi connectivity index (χ2n) is 9.53. The molecule has 0 aliphatic rings. The zero-order valence-electron chi connectivity index (χ0n) is 23.7. The standard InChI is InChI=1S/C30H28Cl3N5O4.ClH/c1-18-28(33)38-15-5-6-24(29(38)35-18)42-17-21-22(31)12-13-23(27(21)32)37(4)26(40)16-34-25(39)14-9-19-7-10-20(11-8-19)30(41)36(2)3;/h5-15H,16-17H2,1-4H3,(H,34,39);1H. The molecule has 0 aliphatic carbocycles. The Morgan fingerprint density at radius 3 is 2.40 bits per heavy atom. The summed E-state index contributed by atoms with van der Waals surface area (Å²) in [4.78, 5) is 44.5. The van der Waals surface area contributed by atoms with Crippen LogP contribution in [0.25, 0.3) is 11.7 Å². The van der Waals surface area contributed by atoms with E-state index in [2.05, 4.69) is 10.3 Å². The molecular weight excluding hydrogens is 636 g/mol. The molecule has 0 aliphatic heterocycles. The van der Waals surface area contributed by atoms with Gasteiger partial charge in [0.1, 0.15) is 11.8 Å². The van der Waals surface area contributed by atoms with Gasteiger partial charge in [-0.1, -0.05) is 46.9 Å². The molecule has 4 aromatic rings. The van der Waals surface area contributed by atoms with E-state index in [9.17, 15) is 14.4 Å². The lowest BCUT2D eigenvalue weighted by Gasteiger charge is -2.21. The molecule has 3 amide bonds. The van der Waals surface area contributed by atoms with Crippen molar-refractivity contribution in [1.29, 1.82) is 0 Å². The van der Waals surface area contributed by atoms with Crippen molar-refractivity contribution in [2.24, 2.45) is 0 Å². The Balaban J connectivity index is 0.00000506. The fraction of sp³-hybridized carbons (Fsp3) is 0.200. The summed E-state index contributed by atoms with van der Waals surface area (Å²) in [5, 5.41) is 3.67. The van der Waals surface area contributed by atoms with E-state index in [0.29, 0.717) is 44.1 Å². The molecule has 2 heterocycles. The number of likely N-dealkylation sites (N-methyl/N-ethyl adjacent to an activating group) is 1. The van der Waals surface area contributed by atoms with E-state index in [-0.39, 0.29) is 36.5 Å². The van der Waals surface area contributed by atoms with E-state index < -0.39 is 11.8 Å². The summed E-state index contributed by atoms with van der Waals surface area (Å²) in [5.41, 5.74) is 3.38. The first kappa shape index (κ1) is 33.7. The second kappa shape index (κ2) is 14.6. The minimum atomic E-state index is -0.454. The Kier molecular flexibility index (Phi) is 11.5. The average Bonchev–Trinajstić information content (AvgIpc) is 3.27. The number of halogens is 4. The van der Waals surface area contributed by atoms with Gasteiger partial charge in [0.2, 0.25) is 11.8 Å². The maximum absolute atomic E-state index is 12.9. The number of anilines is 1. The molecule has 0 fully saturated rings.